The number of carbonyl (C=O) groups is 1. The highest BCUT2D eigenvalue weighted by Crippen LogP contribution is 2.15. The first-order valence-electron chi connectivity index (χ1n) is 5.09. The molecule has 0 fully saturated rings. The molecular weight excluding hydrogens is 272 g/mol. The second-order valence-electron chi connectivity index (χ2n) is 3.21. The molecule has 1 aromatic heterocycles. The van der Waals surface area contributed by atoms with Crippen LogP contribution in [0.15, 0.2) is 22.8 Å². The summed E-state index contributed by atoms with van der Waals surface area (Å²) in [5.74, 6) is -0.0768. The van der Waals surface area contributed by atoms with Crippen molar-refractivity contribution in [2.75, 3.05) is 26.8 Å². The Kier molecular flexibility index (Phi) is 5.42. The molecule has 1 rings (SSSR count). The molecular formula is C11H15BrN2O2. The van der Waals surface area contributed by atoms with E-state index < -0.39 is 0 Å². The van der Waals surface area contributed by atoms with Crippen LogP contribution in [0.1, 0.15) is 17.4 Å². The minimum Gasteiger partial charge on any atom is -0.383 e. The van der Waals surface area contributed by atoms with E-state index in [-0.39, 0.29) is 5.91 Å². The van der Waals surface area contributed by atoms with Crippen molar-refractivity contribution >= 4 is 21.8 Å². The third-order valence-corrected chi connectivity index (χ3v) is 2.84. The van der Waals surface area contributed by atoms with Crippen molar-refractivity contribution in [2.24, 2.45) is 0 Å². The predicted molar refractivity (Wildman–Crippen MR) is 65.4 cm³/mol. The molecule has 0 aliphatic carbocycles. The van der Waals surface area contributed by atoms with E-state index in [2.05, 4.69) is 20.9 Å². The Morgan fingerprint density at radius 3 is 2.94 bits per heavy atom. The zero-order valence-electron chi connectivity index (χ0n) is 9.44. The summed E-state index contributed by atoms with van der Waals surface area (Å²) in [6.07, 6.45) is 1.61. The highest BCUT2D eigenvalue weighted by atomic mass is 79.9. The van der Waals surface area contributed by atoms with E-state index in [1.165, 1.54) is 0 Å². The van der Waals surface area contributed by atoms with Crippen LogP contribution in [0.3, 0.4) is 0 Å². The number of likely N-dealkylation sites (N-methyl/N-ethyl adjacent to an activating group) is 1. The summed E-state index contributed by atoms with van der Waals surface area (Å²) in [4.78, 5) is 17.9. The minimum atomic E-state index is -0.0768. The topological polar surface area (TPSA) is 42.4 Å². The molecule has 0 unspecified atom stereocenters. The molecule has 0 N–H and O–H groups in total. The molecule has 0 radical (unpaired) electrons. The number of halogens is 1. The summed E-state index contributed by atoms with van der Waals surface area (Å²) in [5.41, 5.74) is 0.445. The van der Waals surface area contributed by atoms with Crippen LogP contribution < -0.4 is 0 Å². The highest BCUT2D eigenvalue weighted by Gasteiger charge is 2.17. The van der Waals surface area contributed by atoms with Crippen LogP contribution >= 0.6 is 15.9 Å². The molecule has 88 valence electrons. The van der Waals surface area contributed by atoms with Gasteiger partial charge in [0.2, 0.25) is 0 Å². The van der Waals surface area contributed by atoms with Crippen LogP contribution in [-0.4, -0.2) is 42.6 Å². The zero-order valence-corrected chi connectivity index (χ0v) is 11.0. The van der Waals surface area contributed by atoms with Crippen LogP contribution in [0.4, 0.5) is 0 Å². The standard InChI is InChI=1S/C11H15BrN2O2/c1-3-14(7-8-16-2)11(15)10-9(12)5-4-6-13-10/h4-6H,3,7-8H2,1-2H3. The van der Waals surface area contributed by atoms with Gasteiger partial charge in [0.15, 0.2) is 0 Å². The Morgan fingerprint density at radius 2 is 2.38 bits per heavy atom. The molecule has 0 aromatic carbocycles. The van der Waals surface area contributed by atoms with Gasteiger partial charge in [-0.2, -0.15) is 0 Å². The molecule has 0 aliphatic rings. The molecule has 4 nitrogen and oxygen atoms in total. The van der Waals surface area contributed by atoms with Crippen LogP contribution in [0.25, 0.3) is 0 Å². The number of methoxy groups -OCH3 is 1. The van der Waals surface area contributed by atoms with E-state index in [0.29, 0.717) is 25.4 Å². The number of ether oxygens (including phenoxy) is 1. The number of aromatic nitrogens is 1. The lowest BCUT2D eigenvalue weighted by Crippen LogP contribution is -2.34. The van der Waals surface area contributed by atoms with Crippen molar-refractivity contribution in [3.8, 4) is 0 Å². The molecule has 0 spiro atoms. The average molecular weight is 287 g/mol. The highest BCUT2D eigenvalue weighted by molar-refractivity contribution is 9.10. The summed E-state index contributed by atoms with van der Waals surface area (Å²) in [7, 11) is 1.62. The largest absolute Gasteiger partial charge is 0.383 e. The van der Waals surface area contributed by atoms with Crippen molar-refractivity contribution in [2.45, 2.75) is 6.92 Å². The van der Waals surface area contributed by atoms with Crippen molar-refractivity contribution in [1.29, 1.82) is 0 Å². The number of carbonyl (C=O) groups excluding carboxylic acids is 1. The van der Waals surface area contributed by atoms with Crippen LogP contribution in [0, 0.1) is 0 Å². The van der Waals surface area contributed by atoms with Gasteiger partial charge in [-0.3, -0.25) is 4.79 Å². The fourth-order valence-corrected chi connectivity index (χ4v) is 1.72. The maximum absolute atomic E-state index is 12.1. The second kappa shape index (κ2) is 6.60. The average Bonchev–Trinajstić information content (AvgIpc) is 2.30. The Bertz CT molecular complexity index is 358. The van der Waals surface area contributed by atoms with Crippen LogP contribution in [-0.2, 0) is 4.74 Å². The number of hydrogen-bond donors (Lipinski definition) is 0. The molecule has 1 aromatic rings. The lowest BCUT2D eigenvalue weighted by Gasteiger charge is -2.20. The van der Waals surface area contributed by atoms with Crippen LogP contribution in [0.5, 0.6) is 0 Å². The summed E-state index contributed by atoms with van der Waals surface area (Å²) in [6, 6.07) is 3.59. The van der Waals surface area contributed by atoms with Gasteiger partial charge in [-0.15, -0.1) is 0 Å². The summed E-state index contributed by atoms with van der Waals surface area (Å²) >= 11 is 3.32. The van der Waals surface area contributed by atoms with E-state index >= 15 is 0 Å². The lowest BCUT2D eigenvalue weighted by atomic mass is 10.3. The number of pyridine rings is 1. The van der Waals surface area contributed by atoms with Gasteiger partial charge in [-0.25, -0.2) is 4.98 Å². The molecule has 0 saturated carbocycles. The maximum Gasteiger partial charge on any atom is 0.273 e. The number of amides is 1. The summed E-state index contributed by atoms with van der Waals surface area (Å²) < 4.78 is 5.68. The van der Waals surface area contributed by atoms with Gasteiger partial charge in [0.1, 0.15) is 5.69 Å². The van der Waals surface area contributed by atoms with Gasteiger partial charge < -0.3 is 9.64 Å². The summed E-state index contributed by atoms with van der Waals surface area (Å²) in [6.45, 7) is 3.69. The normalized spacial score (nSPS) is 10.2. The molecule has 0 bridgehead atoms. The van der Waals surface area contributed by atoms with E-state index in [0.717, 1.165) is 4.47 Å². The van der Waals surface area contributed by atoms with E-state index in [1.807, 2.05) is 13.0 Å². The van der Waals surface area contributed by atoms with Gasteiger partial charge in [0.25, 0.3) is 5.91 Å². The first kappa shape index (κ1) is 13.1. The van der Waals surface area contributed by atoms with E-state index in [4.69, 9.17) is 4.74 Å². The van der Waals surface area contributed by atoms with Crippen molar-refractivity contribution in [3.63, 3.8) is 0 Å². The molecule has 16 heavy (non-hydrogen) atoms. The Morgan fingerprint density at radius 1 is 1.62 bits per heavy atom. The molecule has 1 heterocycles. The van der Waals surface area contributed by atoms with Crippen molar-refractivity contribution in [1.82, 2.24) is 9.88 Å². The van der Waals surface area contributed by atoms with Crippen LogP contribution in [0.2, 0.25) is 0 Å². The number of rotatable bonds is 5. The maximum atomic E-state index is 12.1. The SMILES string of the molecule is CCN(CCOC)C(=O)c1ncccc1Br. The van der Waals surface area contributed by atoms with Gasteiger partial charge in [0.05, 0.1) is 6.61 Å². The molecule has 0 saturated heterocycles. The number of hydrogen-bond acceptors (Lipinski definition) is 3. The fraction of sp³-hybridized carbons (Fsp3) is 0.455. The Hall–Kier alpha value is -0.940. The third kappa shape index (κ3) is 3.28. The predicted octanol–water partition coefficient (Wildman–Crippen LogP) is 1.95. The van der Waals surface area contributed by atoms with Gasteiger partial charge in [0, 0.05) is 30.9 Å². The first-order chi connectivity index (χ1) is 7.70. The summed E-state index contributed by atoms with van der Waals surface area (Å²) in [5, 5.41) is 0. The fourth-order valence-electron chi connectivity index (χ4n) is 1.30. The second-order valence-corrected chi connectivity index (χ2v) is 4.07. The number of nitrogens with zero attached hydrogens (tertiary/aromatic N) is 2. The van der Waals surface area contributed by atoms with Gasteiger partial charge in [-0.1, -0.05) is 0 Å². The Balaban J connectivity index is 2.79. The van der Waals surface area contributed by atoms with Crippen molar-refractivity contribution in [3.05, 3.63) is 28.5 Å². The minimum absolute atomic E-state index is 0.0768. The molecule has 0 aliphatic heterocycles. The van der Waals surface area contributed by atoms with Gasteiger partial charge in [-0.05, 0) is 35.0 Å². The zero-order chi connectivity index (χ0) is 12.0. The first-order valence-corrected chi connectivity index (χ1v) is 5.88. The van der Waals surface area contributed by atoms with E-state index in [1.54, 1.807) is 24.3 Å². The molecule has 5 heteroatoms. The molecule has 1 amide bonds. The third-order valence-electron chi connectivity index (χ3n) is 2.20. The van der Waals surface area contributed by atoms with E-state index in [9.17, 15) is 4.79 Å². The lowest BCUT2D eigenvalue weighted by molar-refractivity contribution is 0.0699. The van der Waals surface area contributed by atoms with Crippen molar-refractivity contribution < 1.29 is 9.53 Å². The molecule has 0 atom stereocenters. The Labute approximate surface area is 104 Å². The monoisotopic (exact) mass is 286 g/mol. The van der Waals surface area contributed by atoms with Gasteiger partial charge >= 0.3 is 0 Å². The quantitative estimate of drug-likeness (QED) is 0.831. The smallest absolute Gasteiger partial charge is 0.273 e.